The predicted octanol–water partition coefficient (Wildman–Crippen LogP) is 2.21. The van der Waals surface area contributed by atoms with Crippen molar-refractivity contribution >= 4 is 32.8 Å². The third kappa shape index (κ3) is 7.31. The topological polar surface area (TPSA) is 154 Å². The SMILES string of the molecule is COc1ccc(Cn2c(=O)[nH]c3ccc(C#Cc4ccc(N5CCN(S(=O)(=O)N[C@@H](C(=O)O)C(C)C)CC5)cc4)cc3c2=O)cc1. The molecule has 1 fully saturated rings. The number of rotatable bonds is 9. The summed E-state index contributed by atoms with van der Waals surface area (Å²) in [5, 5.41) is 9.72. The highest BCUT2D eigenvalue weighted by Gasteiger charge is 2.33. The number of anilines is 1. The van der Waals surface area contributed by atoms with E-state index < -0.39 is 39.4 Å². The lowest BCUT2D eigenvalue weighted by molar-refractivity contribution is -0.140. The van der Waals surface area contributed by atoms with Gasteiger partial charge >= 0.3 is 11.7 Å². The van der Waals surface area contributed by atoms with E-state index in [1.807, 2.05) is 24.3 Å². The molecular formula is C33H35N5O7S. The maximum atomic E-state index is 13.3. The molecule has 12 nitrogen and oxygen atoms in total. The molecule has 0 aliphatic carbocycles. The molecule has 0 spiro atoms. The molecule has 3 aromatic carbocycles. The number of benzene rings is 3. The molecule has 2 heterocycles. The van der Waals surface area contributed by atoms with Gasteiger partial charge in [-0.2, -0.15) is 17.4 Å². The second kappa shape index (κ2) is 13.6. The summed E-state index contributed by atoms with van der Waals surface area (Å²) in [4.78, 5) is 42.2. The van der Waals surface area contributed by atoms with Crippen molar-refractivity contribution in [2.24, 2.45) is 5.92 Å². The summed E-state index contributed by atoms with van der Waals surface area (Å²) in [6, 6.07) is 18.6. The summed E-state index contributed by atoms with van der Waals surface area (Å²) in [5.74, 6) is 5.28. The molecule has 0 amide bonds. The Morgan fingerprint density at radius 2 is 1.59 bits per heavy atom. The highest BCUT2D eigenvalue weighted by molar-refractivity contribution is 7.87. The Hall–Kier alpha value is -4.90. The summed E-state index contributed by atoms with van der Waals surface area (Å²) in [7, 11) is -2.37. The van der Waals surface area contributed by atoms with Crippen LogP contribution in [0.2, 0.25) is 0 Å². The van der Waals surface area contributed by atoms with E-state index in [2.05, 4.69) is 26.4 Å². The summed E-state index contributed by atoms with van der Waals surface area (Å²) in [6.07, 6.45) is 0. The predicted molar refractivity (Wildman–Crippen MR) is 175 cm³/mol. The number of aromatic nitrogens is 2. The number of carboxylic acid groups (broad SMARTS) is 1. The fourth-order valence-electron chi connectivity index (χ4n) is 5.18. The van der Waals surface area contributed by atoms with E-state index in [0.29, 0.717) is 35.3 Å². The van der Waals surface area contributed by atoms with Crippen LogP contribution in [0.3, 0.4) is 0 Å². The molecule has 1 aliphatic rings. The molecule has 1 atom stereocenters. The minimum absolute atomic E-state index is 0.113. The van der Waals surface area contributed by atoms with Crippen LogP contribution in [0.15, 0.2) is 76.3 Å². The molecule has 13 heteroatoms. The van der Waals surface area contributed by atoms with Gasteiger partial charge in [-0.05, 0) is 66.1 Å². The maximum absolute atomic E-state index is 13.3. The molecule has 0 unspecified atom stereocenters. The van der Waals surface area contributed by atoms with Gasteiger partial charge in [-0.25, -0.2) is 4.79 Å². The molecule has 4 aromatic rings. The minimum Gasteiger partial charge on any atom is -0.497 e. The van der Waals surface area contributed by atoms with Crippen LogP contribution in [0.5, 0.6) is 5.75 Å². The van der Waals surface area contributed by atoms with E-state index in [1.54, 1.807) is 63.4 Å². The molecule has 46 heavy (non-hydrogen) atoms. The number of aliphatic carboxylic acids is 1. The van der Waals surface area contributed by atoms with E-state index in [4.69, 9.17) is 4.74 Å². The van der Waals surface area contributed by atoms with Crippen LogP contribution in [0.4, 0.5) is 5.69 Å². The van der Waals surface area contributed by atoms with Gasteiger partial charge in [-0.1, -0.05) is 37.8 Å². The number of ether oxygens (including phenoxy) is 1. The standard InChI is InChI=1S/C33H35N5O7S/c1-22(2)30(32(40)41)35-46(43,44)37-18-16-36(17-19-37)26-11-6-23(7-12-26)4-5-24-10-15-29-28(20-24)31(39)38(33(42)34-29)21-25-8-13-27(45-3)14-9-25/h6-15,20,22,30,35H,16-19,21H2,1-3H3,(H,34,42)(H,40,41)/t30-/m1/s1. The number of nitrogens with one attached hydrogen (secondary N) is 2. The number of piperazine rings is 1. The van der Waals surface area contributed by atoms with Gasteiger partial charge in [0.25, 0.3) is 15.8 Å². The van der Waals surface area contributed by atoms with Crippen LogP contribution in [-0.4, -0.2) is 72.7 Å². The Balaban J connectivity index is 1.26. The Morgan fingerprint density at radius 1 is 0.957 bits per heavy atom. The molecule has 1 aromatic heterocycles. The van der Waals surface area contributed by atoms with Crippen molar-refractivity contribution in [1.82, 2.24) is 18.6 Å². The van der Waals surface area contributed by atoms with Crippen molar-refractivity contribution in [3.8, 4) is 17.6 Å². The zero-order valence-electron chi connectivity index (χ0n) is 25.7. The quantitative estimate of drug-likeness (QED) is 0.234. The Kier molecular flexibility index (Phi) is 9.62. The number of nitrogens with zero attached hydrogens (tertiary/aromatic N) is 3. The number of aromatic amines is 1. The molecule has 3 N–H and O–H groups in total. The minimum atomic E-state index is -3.94. The molecule has 1 saturated heterocycles. The fourth-order valence-corrected chi connectivity index (χ4v) is 6.67. The highest BCUT2D eigenvalue weighted by atomic mass is 32.2. The van der Waals surface area contributed by atoms with E-state index in [-0.39, 0.29) is 19.6 Å². The van der Waals surface area contributed by atoms with Crippen LogP contribution in [0.1, 0.15) is 30.5 Å². The average Bonchev–Trinajstić information content (AvgIpc) is 3.05. The van der Waals surface area contributed by atoms with Crippen molar-refractivity contribution in [2.75, 3.05) is 38.2 Å². The highest BCUT2D eigenvalue weighted by Crippen LogP contribution is 2.19. The molecule has 0 radical (unpaired) electrons. The second-order valence-corrected chi connectivity index (χ2v) is 13.0. The van der Waals surface area contributed by atoms with Crippen LogP contribution in [-0.2, 0) is 21.5 Å². The largest absolute Gasteiger partial charge is 0.497 e. The third-order valence-electron chi connectivity index (χ3n) is 7.85. The molecule has 0 saturated carbocycles. The normalized spacial score (nSPS) is 14.6. The van der Waals surface area contributed by atoms with Crippen molar-refractivity contribution in [3.05, 3.63) is 104 Å². The lowest BCUT2D eigenvalue weighted by Gasteiger charge is -2.36. The van der Waals surface area contributed by atoms with Crippen molar-refractivity contribution in [1.29, 1.82) is 0 Å². The van der Waals surface area contributed by atoms with Crippen LogP contribution < -0.4 is 25.6 Å². The van der Waals surface area contributed by atoms with E-state index in [0.717, 1.165) is 21.4 Å². The van der Waals surface area contributed by atoms with Crippen molar-refractivity contribution in [3.63, 3.8) is 0 Å². The number of H-pyrrole nitrogens is 1. The third-order valence-corrected chi connectivity index (χ3v) is 9.45. The number of carboxylic acids is 1. The first-order chi connectivity index (χ1) is 21.9. The molecule has 240 valence electrons. The summed E-state index contributed by atoms with van der Waals surface area (Å²) in [5.41, 5.74) is 2.59. The van der Waals surface area contributed by atoms with Crippen LogP contribution >= 0.6 is 0 Å². The summed E-state index contributed by atoms with van der Waals surface area (Å²) in [6.45, 7) is 4.75. The van der Waals surface area contributed by atoms with Crippen molar-refractivity contribution < 1.29 is 23.1 Å². The number of hydrogen-bond acceptors (Lipinski definition) is 7. The van der Waals surface area contributed by atoms with Gasteiger partial charge in [0.15, 0.2) is 0 Å². The number of hydrogen-bond donors (Lipinski definition) is 3. The number of fused-ring (bicyclic) bond motifs is 1. The lowest BCUT2D eigenvalue weighted by atomic mass is 10.1. The summed E-state index contributed by atoms with van der Waals surface area (Å²) < 4.78 is 35.5. The van der Waals surface area contributed by atoms with Crippen LogP contribution in [0, 0.1) is 17.8 Å². The molecule has 5 rings (SSSR count). The first-order valence-electron chi connectivity index (χ1n) is 14.7. The van der Waals surface area contributed by atoms with Gasteiger partial charge in [0.1, 0.15) is 11.8 Å². The van der Waals surface area contributed by atoms with Gasteiger partial charge in [0.2, 0.25) is 0 Å². The lowest BCUT2D eigenvalue weighted by Crippen LogP contribution is -2.55. The van der Waals surface area contributed by atoms with E-state index >= 15 is 0 Å². The Labute approximate surface area is 266 Å². The molecule has 0 bridgehead atoms. The molecule has 1 aliphatic heterocycles. The number of methoxy groups -OCH3 is 1. The maximum Gasteiger partial charge on any atom is 0.329 e. The Bertz CT molecular complexity index is 2020. The van der Waals surface area contributed by atoms with E-state index in [9.17, 15) is 27.9 Å². The smallest absolute Gasteiger partial charge is 0.329 e. The monoisotopic (exact) mass is 645 g/mol. The second-order valence-electron chi connectivity index (χ2n) is 11.3. The van der Waals surface area contributed by atoms with Gasteiger partial charge in [0, 0.05) is 43.0 Å². The van der Waals surface area contributed by atoms with E-state index in [1.165, 1.54) is 4.31 Å². The van der Waals surface area contributed by atoms with Gasteiger partial charge in [-0.3, -0.25) is 14.2 Å². The van der Waals surface area contributed by atoms with Crippen molar-refractivity contribution in [2.45, 2.75) is 26.4 Å². The van der Waals surface area contributed by atoms with Gasteiger partial charge in [-0.15, -0.1) is 0 Å². The average molecular weight is 646 g/mol. The van der Waals surface area contributed by atoms with Gasteiger partial charge < -0.3 is 19.7 Å². The molecular weight excluding hydrogens is 610 g/mol. The summed E-state index contributed by atoms with van der Waals surface area (Å²) >= 11 is 0. The zero-order chi connectivity index (χ0) is 33.0. The zero-order valence-corrected chi connectivity index (χ0v) is 26.5. The van der Waals surface area contributed by atoms with Crippen LogP contribution in [0.25, 0.3) is 10.9 Å². The fraction of sp³-hybridized carbons (Fsp3) is 0.303. The number of carbonyl (C=O) groups is 1. The first-order valence-corrected chi connectivity index (χ1v) is 16.2. The Morgan fingerprint density at radius 3 is 2.20 bits per heavy atom. The first kappa shape index (κ1) is 32.5. The van der Waals surface area contributed by atoms with Gasteiger partial charge in [0.05, 0.1) is 24.6 Å².